The fourth-order valence-corrected chi connectivity index (χ4v) is 2.93. The molecule has 25 heavy (non-hydrogen) atoms. The number of rotatable bonds is 4. The van der Waals surface area contributed by atoms with Gasteiger partial charge in [-0.25, -0.2) is 5.43 Å². The Morgan fingerprint density at radius 3 is 2.72 bits per heavy atom. The summed E-state index contributed by atoms with van der Waals surface area (Å²) >= 11 is 6.11. The van der Waals surface area contributed by atoms with Crippen molar-refractivity contribution >= 4 is 34.5 Å². The molecule has 0 aromatic heterocycles. The first-order valence-corrected chi connectivity index (χ1v) is 8.13. The van der Waals surface area contributed by atoms with E-state index in [0.717, 1.165) is 21.9 Å². The smallest absolute Gasteiger partial charge is 0.272 e. The van der Waals surface area contributed by atoms with Crippen molar-refractivity contribution < 1.29 is 9.53 Å². The van der Waals surface area contributed by atoms with Gasteiger partial charge in [-0.2, -0.15) is 5.10 Å². The lowest BCUT2D eigenvalue weighted by Crippen LogP contribution is -2.18. The molecule has 3 aromatic carbocycles. The molecule has 4 nitrogen and oxygen atoms in total. The Balaban J connectivity index is 1.87. The molecule has 0 radical (unpaired) electrons. The predicted octanol–water partition coefficient (Wildman–Crippen LogP) is 4.57. The number of fused-ring (bicyclic) bond motifs is 1. The van der Waals surface area contributed by atoms with Crippen molar-refractivity contribution in [2.75, 3.05) is 7.11 Å². The maximum atomic E-state index is 12.2. The number of halogens is 1. The van der Waals surface area contributed by atoms with Gasteiger partial charge in [-0.3, -0.25) is 4.79 Å². The Bertz CT molecular complexity index is 967. The van der Waals surface area contributed by atoms with Gasteiger partial charge in [-0.05, 0) is 41.5 Å². The fourth-order valence-electron chi connectivity index (χ4n) is 2.61. The Morgan fingerprint density at radius 1 is 1.16 bits per heavy atom. The van der Waals surface area contributed by atoms with Crippen LogP contribution in [-0.2, 0) is 0 Å². The maximum Gasteiger partial charge on any atom is 0.272 e. The van der Waals surface area contributed by atoms with Gasteiger partial charge < -0.3 is 4.74 Å². The average molecular weight is 353 g/mol. The number of methoxy groups -OCH3 is 1. The molecule has 0 aliphatic heterocycles. The normalized spacial score (nSPS) is 11.0. The highest BCUT2D eigenvalue weighted by molar-refractivity contribution is 6.33. The summed E-state index contributed by atoms with van der Waals surface area (Å²) in [7, 11) is 1.60. The van der Waals surface area contributed by atoms with Crippen LogP contribution in [0.4, 0.5) is 0 Å². The molecule has 126 valence electrons. The minimum absolute atomic E-state index is 0.361. The second kappa shape index (κ2) is 7.36. The lowest BCUT2D eigenvalue weighted by Gasteiger charge is -2.08. The highest BCUT2D eigenvalue weighted by atomic mass is 35.5. The van der Waals surface area contributed by atoms with E-state index < -0.39 is 0 Å². The van der Waals surface area contributed by atoms with Crippen molar-refractivity contribution in [1.29, 1.82) is 0 Å². The number of ether oxygens (including phenoxy) is 1. The number of hydrogen-bond donors (Lipinski definition) is 1. The molecular weight excluding hydrogens is 336 g/mol. The van der Waals surface area contributed by atoms with Crippen molar-refractivity contribution in [1.82, 2.24) is 5.43 Å². The molecule has 5 heteroatoms. The van der Waals surface area contributed by atoms with Gasteiger partial charge >= 0.3 is 0 Å². The maximum absolute atomic E-state index is 12.2. The molecule has 0 heterocycles. The topological polar surface area (TPSA) is 50.7 Å². The first-order chi connectivity index (χ1) is 12.1. The SMILES string of the molecule is COc1ccc2ccccc2c1C=NNC(=O)c1ccc(C)cc1Cl. The summed E-state index contributed by atoms with van der Waals surface area (Å²) in [6, 6.07) is 17.0. The Labute approximate surface area is 151 Å². The second-order valence-corrected chi connectivity index (χ2v) is 5.99. The highest BCUT2D eigenvalue weighted by Crippen LogP contribution is 2.26. The van der Waals surface area contributed by atoms with Crippen LogP contribution in [0.3, 0.4) is 0 Å². The van der Waals surface area contributed by atoms with Crippen LogP contribution in [0.5, 0.6) is 5.75 Å². The number of nitrogens with zero attached hydrogens (tertiary/aromatic N) is 1. The Morgan fingerprint density at radius 2 is 1.96 bits per heavy atom. The molecule has 0 spiro atoms. The number of aryl methyl sites for hydroxylation is 1. The number of benzene rings is 3. The third-order valence-electron chi connectivity index (χ3n) is 3.88. The molecular formula is C20H17ClN2O2. The van der Waals surface area contributed by atoms with E-state index in [-0.39, 0.29) is 5.91 Å². The van der Waals surface area contributed by atoms with Crippen LogP contribution >= 0.6 is 11.6 Å². The molecule has 0 unspecified atom stereocenters. The molecule has 0 fully saturated rings. The molecule has 0 aliphatic carbocycles. The summed E-state index contributed by atoms with van der Waals surface area (Å²) in [5, 5.41) is 6.54. The fraction of sp³-hybridized carbons (Fsp3) is 0.100. The monoisotopic (exact) mass is 352 g/mol. The molecule has 3 aromatic rings. The molecule has 0 bridgehead atoms. The number of hydrazone groups is 1. The molecule has 0 atom stereocenters. The standard InChI is InChI=1S/C20H17ClN2O2/c1-13-7-9-16(18(21)11-13)20(24)23-22-12-17-15-6-4-3-5-14(15)8-10-19(17)25-2/h3-12H,1-2H3,(H,23,24). The molecule has 0 saturated carbocycles. The second-order valence-electron chi connectivity index (χ2n) is 5.59. The van der Waals surface area contributed by atoms with Gasteiger partial charge in [0.1, 0.15) is 5.75 Å². The number of amides is 1. The number of carbonyl (C=O) groups is 1. The third kappa shape index (κ3) is 3.64. The molecule has 1 N–H and O–H groups in total. The summed E-state index contributed by atoms with van der Waals surface area (Å²) in [6.45, 7) is 1.92. The van der Waals surface area contributed by atoms with E-state index in [0.29, 0.717) is 16.3 Å². The van der Waals surface area contributed by atoms with E-state index in [4.69, 9.17) is 16.3 Å². The summed E-state index contributed by atoms with van der Waals surface area (Å²) in [6.07, 6.45) is 1.58. The van der Waals surface area contributed by atoms with E-state index >= 15 is 0 Å². The van der Waals surface area contributed by atoms with Crippen LogP contribution in [0.1, 0.15) is 21.5 Å². The zero-order valence-corrected chi connectivity index (χ0v) is 14.7. The van der Waals surface area contributed by atoms with E-state index in [1.54, 1.807) is 25.5 Å². The summed E-state index contributed by atoms with van der Waals surface area (Å²) < 4.78 is 5.40. The van der Waals surface area contributed by atoms with Gasteiger partial charge in [-0.15, -0.1) is 0 Å². The van der Waals surface area contributed by atoms with Crippen LogP contribution in [0.25, 0.3) is 10.8 Å². The molecule has 3 rings (SSSR count). The predicted molar refractivity (Wildman–Crippen MR) is 102 cm³/mol. The van der Waals surface area contributed by atoms with Crippen molar-refractivity contribution in [3.8, 4) is 5.75 Å². The third-order valence-corrected chi connectivity index (χ3v) is 4.19. The summed E-state index contributed by atoms with van der Waals surface area (Å²) in [5.41, 5.74) is 4.69. The average Bonchev–Trinajstić information content (AvgIpc) is 2.61. The first-order valence-electron chi connectivity index (χ1n) is 7.75. The molecule has 1 amide bonds. The zero-order chi connectivity index (χ0) is 17.8. The van der Waals surface area contributed by atoms with Gasteiger partial charge in [0.2, 0.25) is 0 Å². The van der Waals surface area contributed by atoms with Gasteiger partial charge in [0.05, 0.1) is 23.9 Å². The highest BCUT2D eigenvalue weighted by Gasteiger charge is 2.10. The quantitative estimate of drug-likeness (QED) is 0.552. The lowest BCUT2D eigenvalue weighted by molar-refractivity contribution is 0.0955. The van der Waals surface area contributed by atoms with Gasteiger partial charge in [-0.1, -0.05) is 48.0 Å². The lowest BCUT2D eigenvalue weighted by atomic mass is 10.0. The van der Waals surface area contributed by atoms with Crippen LogP contribution < -0.4 is 10.2 Å². The van der Waals surface area contributed by atoms with Gasteiger partial charge in [0, 0.05) is 5.56 Å². The number of hydrogen-bond acceptors (Lipinski definition) is 3. The molecule has 0 saturated heterocycles. The Hall–Kier alpha value is -2.85. The van der Waals surface area contributed by atoms with Crippen molar-refractivity contribution in [3.05, 3.63) is 76.3 Å². The van der Waals surface area contributed by atoms with Crippen LogP contribution in [0.15, 0.2) is 59.7 Å². The van der Waals surface area contributed by atoms with E-state index in [1.165, 1.54) is 0 Å². The van der Waals surface area contributed by atoms with Gasteiger partial charge in [0.25, 0.3) is 5.91 Å². The zero-order valence-electron chi connectivity index (χ0n) is 13.9. The van der Waals surface area contributed by atoms with E-state index in [1.807, 2.05) is 49.4 Å². The summed E-state index contributed by atoms with van der Waals surface area (Å²) in [4.78, 5) is 12.2. The van der Waals surface area contributed by atoms with Crippen molar-refractivity contribution in [2.24, 2.45) is 5.10 Å². The van der Waals surface area contributed by atoms with Crippen molar-refractivity contribution in [2.45, 2.75) is 6.92 Å². The van der Waals surface area contributed by atoms with E-state index in [2.05, 4.69) is 10.5 Å². The Kier molecular flexibility index (Phi) is 5.00. The van der Waals surface area contributed by atoms with Crippen LogP contribution in [-0.4, -0.2) is 19.2 Å². The summed E-state index contributed by atoms with van der Waals surface area (Å²) in [5.74, 6) is 0.325. The number of nitrogens with one attached hydrogen (secondary N) is 1. The van der Waals surface area contributed by atoms with Crippen LogP contribution in [0, 0.1) is 6.92 Å². The van der Waals surface area contributed by atoms with Gasteiger partial charge in [0.15, 0.2) is 0 Å². The minimum Gasteiger partial charge on any atom is -0.496 e. The first kappa shape index (κ1) is 17.0. The number of carbonyl (C=O) groups excluding carboxylic acids is 1. The van der Waals surface area contributed by atoms with Crippen LogP contribution in [0.2, 0.25) is 5.02 Å². The van der Waals surface area contributed by atoms with E-state index in [9.17, 15) is 4.79 Å². The van der Waals surface area contributed by atoms with Crippen molar-refractivity contribution in [3.63, 3.8) is 0 Å². The minimum atomic E-state index is -0.361. The molecule has 0 aliphatic rings. The largest absolute Gasteiger partial charge is 0.496 e.